The molecule has 0 aliphatic heterocycles. The van der Waals surface area contributed by atoms with Crippen molar-refractivity contribution < 1.29 is 14.3 Å². The fourth-order valence-corrected chi connectivity index (χ4v) is 3.63. The van der Waals surface area contributed by atoms with Gasteiger partial charge in [0.25, 0.3) is 0 Å². The molecule has 162 valence electrons. The molecule has 1 aliphatic carbocycles. The van der Waals surface area contributed by atoms with E-state index in [2.05, 4.69) is 10.3 Å². The molecule has 0 saturated heterocycles. The first-order chi connectivity index (χ1) is 15.6. The molecule has 4 rings (SSSR count). The van der Waals surface area contributed by atoms with Gasteiger partial charge in [0.05, 0.1) is 11.5 Å². The zero-order valence-electron chi connectivity index (χ0n) is 17.7. The first-order valence-corrected chi connectivity index (χ1v) is 10.6. The fourth-order valence-electron chi connectivity index (χ4n) is 3.63. The van der Waals surface area contributed by atoms with E-state index < -0.39 is 5.92 Å². The van der Waals surface area contributed by atoms with Gasteiger partial charge >= 0.3 is 5.97 Å². The Bertz CT molecular complexity index is 1180. The molecule has 1 atom stereocenters. The number of aromatic nitrogens is 1. The Hall–Kier alpha value is -3.77. The number of benzene rings is 2. The molecule has 1 heterocycles. The number of nitrogens with one attached hydrogen (secondary N) is 1. The quantitative estimate of drug-likeness (QED) is 0.550. The number of carbonyl (C=O) groups is 2. The van der Waals surface area contributed by atoms with E-state index in [1.54, 1.807) is 18.5 Å². The van der Waals surface area contributed by atoms with Crippen molar-refractivity contribution in [3.63, 3.8) is 0 Å². The number of nitrogens with zero attached hydrogens (tertiary/aromatic N) is 1. The molecule has 1 amide bonds. The van der Waals surface area contributed by atoms with E-state index in [1.165, 1.54) is 0 Å². The van der Waals surface area contributed by atoms with Gasteiger partial charge in [0.15, 0.2) is 0 Å². The Morgan fingerprint density at radius 1 is 1.06 bits per heavy atom. The number of hydrogen-bond acceptors (Lipinski definition) is 5. The second-order valence-electron chi connectivity index (χ2n) is 7.67. The monoisotopic (exact) mass is 427 g/mol. The smallest absolute Gasteiger partial charge is 0.338 e. The van der Waals surface area contributed by atoms with E-state index in [0.717, 1.165) is 34.7 Å². The maximum absolute atomic E-state index is 12.9. The number of rotatable bonds is 7. The summed E-state index contributed by atoms with van der Waals surface area (Å²) in [5.41, 5.74) is 8.88. The van der Waals surface area contributed by atoms with Gasteiger partial charge in [-0.25, -0.2) is 4.79 Å². The molecule has 1 aromatic heterocycles. The summed E-state index contributed by atoms with van der Waals surface area (Å²) in [4.78, 5) is 29.1. The van der Waals surface area contributed by atoms with Gasteiger partial charge in [0.1, 0.15) is 6.61 Å². The minimum Gasteiger partial charge on any atom is -0.457 e. The molecule has 0 radical (unpaired) electrons. The molecule has 0 fully saturated rings. The Labute approximate surface area is 186 Å². The van der Waals surface area contributed by atoms with Crippen molar-refractivity contribution in [1.29, 1.82) is 0 Å². The van der Waals surface area contributed by atoms with Crippen LogP contribution in [0.25, 0.3) is 10.8 Å². The second-order valence-corrected chi connectivity index (χ2v) is 7.67. The molecule has 0 saturated carbocycles. The van der Waals surface area contributed by atoms with Crippen LogP contribution in [-0.4, -0.2) is 23.4 Å². The minimum absolute atomic E-state index is 0.170. The van der Waals surface area contributed by atoms with E-state index >= 15 is 0 Å². The number of anilines is 1. The van der Waals surface area contributed by atoms with Crippen molar-refractivity contribution in [1.82, 2.24) is 4.98 Å². The number of allylic oxidation sites excluding steroid dienone is 2. The Morgan fingerprint density at radius 3 is 2.66 bits per heavy atom. The molecule has 2 aromatic carbocycles. The number of ether oxygens (including phenoxy) is 1. The third kappa shape index (κ3) is 5.10. The maximum atomic E-state index is 12.9. The SMILES string of the molecule is NCC(C(=O)Nc1ccc2cnccc2c1)c1ccc(COC(=O)C2=CCCC=C2)cc1. The lowest BCUT2D eigenvalue weighted by Crippen LogP contribution is -2.27. The second kappa shape index (κ2) is 10.0. The van der Waals surface area contributed by atoms with Gasteiger partial charge in [-0.3, -0.25) is 9.78 Å². The van der Waals surface area contributed by atoms with Gasteiger partial charge in [-0.2, -0.15) is 0 Å². The van der Waals surface area contributed by atoms with Crippen molar-refractivity contribution in [2.45, 2.75) is 25.4 Å². The summed E-state index contributed by atoms with van der Waals surface area (Å²) in [5.74, 6) is -0.983. The van der Waals surface area contributed by atoms with Crippen LogP contribution in [0.4, 0.5) is 5.69 Å². The first kappa shape index (κ1) is 21.5. The van der Waals surface area contributed by atoms with Crippen molar-refractivity contribution in [3.8, 4) is 0 Å². The Balaban J connectivity index is 1.38. The van der Waals surface area contributed by atoms with Crippen LogP contribution in [-0.2, 0) is 20.9 Å². The molecule has 1 unspecified atom stereocenters. The van der Waals surface area contributed by atoms with E-state index in [9.17, 15) is 9.59 Å². The number of esters is 1. The summed E-state index contributed by atoms with van der Waals surface area (Å²) < 4.78 is 5.39. The highest BCUT2D eigenvalue weighted by Gasteiger charge is 2.19. The summed E-state index contributed by atoms with van der Waals surface area (Å²) in [6.45, 7) is 0.355. The number of pyridine rings is 1. The van der Waals surface area contributed by atoms with Gasteiger partial charge in [0.2, 0.25) is 5.91 Å². The molecule has 32 heavy (non-hydrogen) atoms. The third-order valence-electron chi connectivity index (χ3n) is 5.44. The fraction of sp³-hybridized carbons (Fsp3) is 0.192. The summed E-state index contributed by atoms with van der Waals surface area (Å²) in [6.07, 6.45) is 11.0. The highest BCUT2D eigenvalue weighted by atomic mass is 16.5. The molecule has 6 nitrogen and oxygen atoms in total. The van der Waals surface area contributed by atoms with E-state index in [4.69, 9.17) is 10.5 Å². The normalized spacial score (nSPS) is 14.0. The lowest BCUT2D eigenvalue weighted by molar-refractivity contribution is -0.139. The van der Waals surface area contributed by atoms with Gasteiger partial charge in [-0.05, 0) is 47.6 Å². The Kier molecular flexibility index (Phi) is 6.72. The van der Waals surface area contributed by atoms with E-state index in [-0.39, 0.29) is 25.0 Å². The van der Waals surface area contributed by atoms with Crippen molar-refractivity contribution in [2.24, 2.45) is 5.73 Å². The topological polar surface area (TPSA) is 94.3 Å². The number of fused-ring (bicyclic) bond motifs is 1. The van der Waals surface area contributed by atoms with Crippen molar-refractivity contribution in [3.05, 3.63) is 95.9 Å². The van der Waals surface area contributed by atoms with Gasteiger partial charge in [-0.15, -0.1) is 0 Å². The largest absolute Gasteiger partial charge is 0.457 e. The maximum Gasteiger partial charge on any atom is 0.338 e. The van der Waals surface area contributed by atoms with E-state index in [0.29, 0.717) is 11.3 Å². The van der Waals surface area contributed by atoms with Crippen LogP contribution >= 0.6 is 0 Å². The van der Waals surface area contributed by atoms with Crippen LogP contribution in [0, 0.1) is 0 Å². The molecule has 3 aromatic rings. The highest BCUT2D eigenvalue weighted by Crippen LogP contribution is 2.22. The summed E-state index contributed by atoms with van der Waals surface area (Å²) in [5, 5.41) is 4.96. The summed E-state index contributed by atoms with van der Waals surface area (Å²) in [6, 6.07) is 15.0. The Morgan fingerprint density at radius 2 is 1.91 bits per heavy atom. The molecule has 0 spiro atoms. The van der Waals surface area contributed by atoms with Crippen molar-refractivity contribution in [2.75, 3.05) is 11.9 Å². The van der Waals surface area contributed by atoms with Crippen LogP contribution in [0.2, 0.25) is 0 Å². The van der Waals surface area contributed by atoms with Crippen LogP contribution in [0.15, 0.2) is 84.7 Å². The lowest BCUT2D eigenvalue weighted by atomic mass is 9.97. The number of nitrogens with two attached hydrogens (primary N) is 1. The standard InChI is InChI=1S/C26H25N3O3/c27-15-24(25(30)29-23-11-10-22-16-28-13-12-21(22)14-23)19-8-6-18(7-9-19)17-32-26(31)20-4-2-1-3-5-20/h2,4-14,16,24H,1,3,15,17,27H2,(H,29,30). The van der Waals surface area contributed by atoms with Crippen LogP contribution in [0.1, 0.15) is 29.9 Å². The molecular weight excluding hydrogens is 402 g/mol. The third-order valence-corrected chi connectivity index (χ3v) is 5.44. The van der Waals surface area contributed by atoms with Crippen LogP contribution < -0.4 is 11.1 Å². The predicted octanol–water partition coefficient (Wildman–Crippen LogP) is 4.24. The van der Waals surface area contributed by atoms with Gasteiger partial charge in [0, 0.05) is 30.0 Å². The van der Waals surface area contributed by atoms with E-state index in [1.807, 2.05) is 60.7 Å². The molecule has 1 aliphatic rings. The minimum atomic E-state index is -0.489. The number of hydrogen-bond donors (Lipinski definition) is 2. The average Bonchev–Trinajstić information content (AvgIpc) is 2.84. The zero-order valence-corrected chi connectivity index (χ0v) is 17.7. The lowest BCUT2D eigenvalue weighted by Gasteiger charge is -2.16. The predicted molar refractivity (Wildman–Crippen MR) is 125 cm³/mol. The van der Waals surface area contributed by atoms with Gasteiger partial charge < -0.3 is 15.8 Å². The summed E-state index contributed by atoms with van der Waals surface area (Å²) >= 11 is 0. The summed E-state index contributed by atoms with van der Waals surface area (Å²) in [7, 11) is 0. The molecule has 6 heteroatoms. The van der Waals surface area contributed by atoms with Crippen LogP contribution in [0.5, 0.6) is 0 Å². The molecule has 3 N–H and O–H groups in total. The highest BCUT2D eigenvalue weighted by molar-refractivity contribution is 5.98. The number of carbonyl (C=O) groups excluding carboxylic acids is 2. The first-order valence-electron chi connectivity index (χ1n) is 10.6. The molecular formula is C26H25N3O3. The van der Waals surface area contributed by atoms with Crippen molar-refractivity contribution >= 4 is 28.3 Å². The zero-order chi connectivity index (χ0) is 22.3. The molecule has 0 bridgehead atoms. The average molecular weight is 428 g/mol. The van der Waals surface area contributed by atoms with Crippen LogP contribution in [0.3, 0.4) is 0 Å². The number of amides is 1. The van der Waals surface area contributed by atoms with Gasteiger partial charge in [-0.1, -0.05) is 48.6 Å².